The summed E-state index contributed by atoms with van der Waals surface area (Å²) in [4.78, 5) is 15.8. The Morgan fingerprint density at radius 2 is 2.24 bits per heavy atom. The van der Waals surface area contributed by atoms with Crippen LogP contribution in [0.25, 0.3) is 0 Å². The van der Waals surface area contributed by atoms with Crippen molar-refractivity contribution in [3.63, 3.8) is 0 Å². The molecule has 5 heteroatoms. The standard InChI is InChI=1S/C12H22N4O/c1-5-16-7-6-15-10(16)8-14-9-12(2,3)11(17)13-4/h6-7,14H,5,8-9H2,1-4H3,(H,13,17). The van der Waals surface area contributed by atoms with Crippen LogP contribution < -0.4 is 10.6 Å². The molecule has 1 amide bonds. The number of rotatable bonds is 6. The topological polar surface area (TPSA) is 59.0 Å². The molecular weight excluding hydrogens is 216 g/mol. The lowest BCUT2D eigenvalue weighted by molar-refractivity contribution is -0.128. The molecule has 5 nitrogen and oxygen atoms in total. The van der Waals surface area contributed by atoms with Crippen LogP contribution in [0, 0.1) is 5.41 Å². The lowest BCUT2D eigenvalue weighted by Crippen LogP contribution is -2.42. The van der Waals surface area contributed by atoms with E-state index in [-0.39, 0.29) is 5.91 Å². The molecule has 0 saturated carbocycles. The Bertz CT molecular complexity index is 370. The first-order valence-electron chi connectivity index (χ1n) is 5.94. The highest BCUT2D eigenvalue weighted by molar-refractivity contribution is 5.81. The molecule has 17 heavy (non-hydrogen) atoms. The van der Waals surface area contributed by atoms with Gasteiger partial charge in [-0.25, -0.2) is 4.98 Å². The van der Waals surface area contributed by atoms with Crippen molar-refractivity contribution < 1.29 is 4.79 Å². The van der Waals surface area contributed by atoms with Gasteiger partial charge in [0.05, 0.1) is 12.0 Å². The summed E-state index contributed by atoms with van der Waals surface area (Å²) in [5.41, 5.74) is -0.404. The zero-order valence-electron chi connectivity index (χ0n) is 11.1. The average molecular weight is 238 g/mol. The maximum atomic E-state index is 11.6. The molecule has 0 spiro atoms. The van der Waals surface area contributed by atoms with Crippen molar-refractivity contribution in [2.24, 2.45) is 5.41 Å². The van der Waals surface area contributed by atoms with E-state index in [1.54, 1.807) is 13.2 Å². The normalized spacial score (nSPS) is 11.5. The van der Waals surface area contributed by atoms with Crippen LogP contribution in [0.1, 0.15) is 26.6 Å². The quantitative estimate of drug-likeness (QED) is 0.769. The molecule has 0 unspecified atom stereocenters. The van der Waals surface area contributed by atoms with Crippen LogP contribution in [0.15, 0.2) is 12.4 Å². The van der Waals surface area contributed by atoms with Crippen molar-refractivity contribution in [2.45, 2.75) is 33.9 Å². The number of carbonyl (C=O) groups excluding carboxylic acids is 1. The molecule has 1 aromatic heterocycles. The van der Waals surface area contributed by atoms with Gasteiger partial charge in [0, 0.05) is 32.5 Å². The number of hydrogen-bond donors (Lipinski definition) is 2. The van der Waals surface area contributed by atoms with Crippen molar-refractivity contribution in [3.05, 3.63) is 18.2 Å². The lowest BCUT2D eigenvalue weighted by Gasteiger charge is -2.22. The van der Waals surface area contributed by atoms with Crippen molar-refractivity contribution in [1.82, 2.24) is 20.2 Å². The Morgan fingerprint density at radius 1 is 1.53 bits per heavy atom. The van der Waals surface area contributed by atoms with Gasteiger partial charge in [0.15, 0.2) is 0 Å². The number of carbonyl (C=O) groups is 1. The second-order valence-corrected chi connectivity index (χ2v) is 4.70. The van der Waals surface area contributed by atoms with Gasteiger partial charge >= 0.3 is 0 Å². The van der Waals surface area contributed by atoms with E-state index >= 15 is 0 Å². The molecule has 0 aliphatic heterocycles. The summed E-state index contributed by atoms with van der Waals surface area (Å²) in [6.07, 6.45) is 3.76. The number of aryl methyl sites for hydroxylation is 1. The first kappa shape index (κ1) is 13.7. The highest BCUT2D eigenvalue weighted by Crippen LogP contribution is 2.13. The van der Waals surface area contributed by atoms with E-state index in [4.69, 9.17) is 0 Å². The molecule has 0 aliphatic rings. The summed E-state index contributed by atoms with van der Waals surface area (Å²) in [5, 5.41) is 5.95. The summed E-state index contributed by atoms with van der Waals surface area (Å²) >= 11 is 0. The maximum Gasteiger partial charge on any atom is 0.226 e. The molecular formula is C12H22N4O. The molecule has 0 atom stereocenters. The Balaban J connectivity index is 2.45. The van der Waals surface area contributed by atoms with E-state index in [1.807, 2.05) is 20.0 Å². The fraction of sp³-hybridized carbons (Fsp3) is 0.667. The van der Waals surface area contributed by atoms with Gasteiger partial charge in [0.25, 0.3) is 0 Å². The molecule has 0 aliphatic carbocycles. The molecule has 96 valence electrons. The second kappa shape index (κ2) is 5.82. The largest absolute Gasteiger partial charge is 0.359 e. The Labute approximate surface area is 103 Å². The zero-order valence-corrected chi connectivity index (χ0v) is 11.1. The Hall–Kier alpha value is -1.36. The molecule has 1 aromatic rings. The average Bonchev–Trinajstić information content (AvgIpc) is 2.75. The minimum absolute atomic E-state index is 0.0452. The predicted octanol–water partition coefficient (Wildman–Crippen LogP) is 0.765. The van der Waals surface area contributed by atoms with E-state index in [1.165, 1.54) is 0 Å². The maximum absolute atomic E-state index is 11.6. The fourth-order valence-electron chi connectivity index (χ4n) is 1.70. The Kier molecular flexibility index (Phi) is 4.69. The van der Waals surface area contributed by atoms with Gasteiger partial charge < -0.3 is 15.2 Å². The van der Waals surface area contributed by atoms with E-state index in [2.05, 4.69) is 27.1 Å². The van der Waals surface area contributed by atoms with Gasteiger partial charge in [0.2, 0.25) is 5.91 Å². The smallest absolute Gasteiger partial charge is 0.226 e. The van der Waals surface area contributed by atoms with Crippen LogP contribution in [-0.4, -0.2) is 29.1 Å². The van der Waals surface area contributed by atoms with E-state index in [0.717, 1.165) is 12.4 Å². The summed E-state index contributed by atoms with van der Waals surface area (Å²) in [6.45, 7) is 8.15. The number of imidazole rings is 1. The number of nitrogens with one attached hydrogen (secondary N) is 2. The van der Waals surface area contributed by atoms with Crippen LogP contribution in [0.4, 0.5) is 0 Å². The van der Waals surface area contributed by atoms with Crippen molar-refractivity contribution in [1.29, 1.82) is 0 Å². The van der Waals surface area contributed by atoms with E-state index in [9.17, 15) is 4.79 Å². The van der Waals surface area contributed by atoms with Crippen LogP contribution in [0.2, 0.25) is 0 Å². The molecule has 1 heterocycles. The van der Waals surface area contributed by atoms with E-state index < -0.39 is 5.41 Å². The van der Waals surface area contributed by atoms with Crippen molar-refractivity contribution >= 4 is 5.91 Å². The molecule has 2 N–H and O–H groups in total. The molecule has 0 saturated heterocycles. The number of amides is 1. The number of nitrogens with zero attached hydrogens (tertiary/aromatic N) is 2. The summed E-state index contributed by atoms with van der Waals surface area (Å²) in [6, 6.07) is 0. The second-order valence-electron chi connectivity index (χ2n) is 4.70. The molecule has 1 rings (SSSR count). The monoisotopic (exact) mass is 238 g/mol. The van der Waals surface area contributed by atoms with Crippen LogP contribution in [0.5, 0.6) is 0 Å². The van der Waals surface area contributed by atoms with Gasteiger partial charge in [-0.3, -0.25) is 4.79 Å². The van der Waals surface area contributed by atoms with Gasteiger partial charge in [-0.15, -0.1) is 0 Å². The Morgan fingerprint density at radius 3 is 2.82 bits per heavy atom. The highest BCUT2D eigenvalue weighted by Gasteiger charge is 2.25. The van der Waals surface area contributed by atoms with Gasteiger partial charge in [-0.1, -0.05) is 0 Å². The number of hydrogen-bond acceptors (Lipinski definition) is 3. The van der Waals surface area contributed by atoms with Crippen LogP contribution in [-0.2, 0) is 17.9 Å². The van der Waals surface area contributed by atoms with Crippen molar-refractivity contribution in [3.8, 4) is 0 Å². The summed E-state index contributed by atoms with van der Waals surface area (Å²) < 4.78 is 2.08. The van der Waals surface area contributed by atoms with E-state index in [0.29, 0.717) is 13.1 Å². The number of aromatic nitrogens is 2. The van der Waals surface area contributed by atoms with Gasteiger partial charge in [0.1, 0.15) is 5.82 Å². The minimum Gasteiger partial charge on any atom is -0.359 e. The SMILES string of the molecule is CCn1ccnc1CNCC(C)(C)C(=O)NC. The lowest BCUT2D eigenvalue weighted by atomic mass is 9.92. The molecule has 0 radical (unpaired) electrons. The first-order chi connectivity index (χ1) is 8.01. The summed E-state index contributed by atoms with van der Waals surface area (Å²) in [5.74, 6) is 1.05. The molecule has 0 fully saturated rings. The van der Waals surface area contributed by atoms with Gasteiger partial charge in [-0.05, 0) is 20.8 Å². The zero-order chi connectivity index (χ0) is 12.9. The first-order valence-corrected chi connectivity index (χ1v) is 5.94. The molecule has 0 bridgehead atoms. The molecule has 0 aromatic carbocycles. The highest BCUT2D eigenvalue weighted by atomic mass is 16.2. The predicted molar refractivity (Wildman–Crippen MR) is 67.5 cm³/mol. The third kappa shape index (κ3) is 3.56. The summed E-state index contributed by atoms with van der Waals surface area (Å²) in [7, 11) is 1.66. The van der Waals surface area contributed by atoms with Crippen LogP contribution in [0.3, 0.4) is 0 Å². The third-order valence-corrected chi connectivity index (χ3v) is 2.83. The third-order valence-electron chi connectivity index (χ3n) is 2.83. The fourth-order valence-corrected chi connectivity index (χ4v) is 1.70. The van der Waals surface area contributed by atoms with Crippen molar-refractivity contribution in [2.75, 3.05) is 13.6 Å². The minimum atomic E-state index is -0.404. The van der Waals surface area contributed by atoms with Gasteiger partial charge in [-0.2, -0.15) is 0 Å². The van der Waals surface area contributed by atoms with Crippen LogP contribution >= 0.6 is 0 Å².